The molecular formula is C21H30O7. The van der Waals surface area contributed by atoms with Crippen LogP contribution in [0.2, 0.25) is 0 Å². The Kier molecular flexibility index (Phi) is 3.52. The highest BCUT2D eigenvalue weighted by Crippen LogP contribution is 2.75. The molecule has 3 heterocycles. The molecule has 2 bridgehead atoms. The normalized spacial score (nSPS) is 58.7. The van der Waals surface area contributed by atoms with Crippen molar-refractivity contribution in [1.29, 1.82) is 0 Å². The number of Topliss-reactive ketones (excluding diaryl/α,β-unsaturated/α-hetero) is 1. The van der Waals surface area contributed by atoms with Gasteiger partial charge >= 0.3 is 0 Å². The van der Waals surface area contributed by atoms with E-state index in [9.17, 15) is 25.2 Å². The second-order valence-electron chi connectivity index (χ2n) is 10.4. The standard InChI is InChI=1S/C21H30O7/c1-9-11-5-6-13-19-8-27-21(26,20(13,10(2)22)17(11)28-9)16(25)14(19)18(3,4)7-12(23)15(19)24/h11-17,23-26H,1,5-8H2,2-4H3/t11-,12-,13-,14+,15+,16-,17+,19-,20+,21-/m0/s1. The van der Waals surface area contributed by atoms with E-state index in [0.29, 0.717) is 18.6 Å². The highest BCUT2D eigenvalue weighted by Gasteiger charge is 2.86. The lowest BCUT2D eigenvalue weighted by Gasteiger charge is -2.77. The van der Waals surface area contributed by atoms with Gasteiger partial charge in [-0.05, 0) is 37.5 Å². The molecule has 3 aliphatic heterocycles. The molecule has 3 aliphatic carbocycles. The topological polar surface area (TPSA) is 116 Å². The molecule has 0 amide bonds. The summed E-state index contributed by atoms with van der Waals surface area (Å²) in [6, 6.07) is 0. The third-order valence-electron chi connectivity index (χ3n) is 8.98. The van der Waals surface area contributed by atoms with Crippen LogP contribution in [0.4, 0.5) is 0 Å². The maximum atomic E-state index is 13.2. The van der Waals surface area contributed by atoms with Crippen LogP contribution in [0.15, 0.2) is 12.3 Å². The number of ketones is 1. The van der Waals surface area contributed by atoms with Crippen molar-refractivity contribution in [3.8, 4) is 0 Å². The van der Waals surface area contributed by atoms with Gasteiger partial charge in [-0.2, -0.15) is 0 Å². The number of hydrogen-bond donors (Lipinski definition) is 4. The lowest BCUT2D eigenvalue weighted by atomic mass is 9.33. The fraction of sp³-hybridized carbons (Fsp3) is 0.857. The maximum Gasteiger partial charge on any atom is 0.209 e. The Labute approximate surface area is 164 Å². The van der Waals surface area contributed by atoms with Gasteiger partial charge in [0, 0.05) is 11.3 Å². The van der Waals surface area contributed by atoms with E-state index in [2.05, 4.69) is 6.58 Å². The predicted octanol–water partition coefficient (Wildman–Crippen LogP) is 0.348. The number of aliphatic hydroxyl groups is 4. The van der Waals surface area contributed by atoms with Crippen LogP contribution in [0.1, 0.15) is 40.0 Å². The zero-order valence-corrected chi connectivity index (χ0v) is 16.6. The van der Waals surface area contributed by atoms with E-state index in [1.54, 1.807) is 0 Å². The van der Waals surface area contributed by atoms with Gasteiger partial charge in [-0.25, -0.2) is 0 Å². The minimum absolute atomic E-state index is 0.00901. The lowest BCUT2D eigenvalue weighted by Crippen LogP contribution is -2.88. The second kappa shape index (κ2) is 5.19. The van der Waals surface area contributed by atoms with Gasteiger partial charge in [0.15, 0.2) is 0 Å². The van der Waals surface area contributed by atoms with Gasteiger partial charge in [0.2, 0.25) is 5.79 Å². The van der Waals surface area contributed by atoms with Crippen molar-refractivity contribution >= 4 is 5.78 Å². The van der Waals surface area contributed by atoms with Crippen LogP contribution in [-0.2, 0) is 14.3 Å². The number of aliphatic hydroxyl groups excluding tert-OH is 3. The summed E-state index contributed by atoms with van der Waals surface area (Å²) in [6.45, 7) is 9.16. The number of rotatable bonds is 1. The van der Waals surface area contributed by atoms with Gasteiger partial charge in [-0.1, -0.05) is 20.4 Å². The predicted molar refractivity (Wildman–Crippen MR) is 96.6 cm³/mol. The summed E-state index contributed by atoms with van der Waals surface area (Å²) >= 11 is 0. The van der Waals surface area contributed by atoms with Gasteiger partial charge in [0.1, 0.15) is 23.4 Å². The Morgan fingerprint density at radius 2 is 1.86 bits per heavy atom. The zero-order valence-electron chi connectivity index (χ0n) is 16.6. The zero-order chi connectivity index (χ0) is 20.4. The van der Waals surface area contributed by atoms with Crippen LogP contribution in [0, 0.1) is 34.0 Å². The van der Waals surface area contributed by atoms with E-state index < -0.39 is 58.3 Å². The van der Waals surface area contributed by atoms with Crippen molar-refractivity contribution < 1.29 is 34.7 Å². The van der Waals surface area contributed by atoms with Crippen LogP contribution in [0.5, 0.6) is 0 Å². The highest BCUT2D eigenvalue weighted by atomic mass is 16.6. The maximum absolute atomic E-state index is 13.2. The number of carbonyl (C=O) groups is 1. The molecule has 0 unspecified atom stereocenters. The molecule has 0 aromatic heterocycles. The number of ether oxygens (including phenoxy) is 2. The molecule has 4 N–H and O–H groups in total. The monoisotopic (exact) mass is 394 g/mol. The molecule has 6 aliphatic rings. The summed E-state index contributed by atoms with van der Waals surface area (Å²) < 4.78 is 11.7. The average molecular weight is 394 g/mol. The van der Waals surface area contributed by atoms with Crippen molar-refractivity contribution in [3.63, 3.8) is 0 Å². The van der Waals surface area contributed by atoms with E-state index in [4.69, 9.17) is 9.47 Å². The van der Waals surface area contributed by atoms with Gasteiger partial charge in [0.05, 0.1) is 30.5 Å². The Morgan fingerprint density at radius 3 is 2.46 bits per heavy atom. The van der Waals surface area contributed by atoms with Crippen LogP contribution in [0.25, 0.3) is 0 Å². The van der Waals surface area contributed by atoms with Crippen molar-refractivity contribution in [2.75, 3.05) is 6.61 Å². The van der Waals surface area contributed by atoms with Crippen LogP contribution >= 0.6 is 0 Å². The molecule has 1 spiro atoms. The molecule has 6 rings (SSSR count). The van der Waals surface area contributed by atoms with Gasteiger partial charge in [-0.3, -0.25) is 4.79 Å². The molecule has 28 heavy (non-hydrogen) atoms. The van der Waals surface area contributed by atoms with E-state index in [1.807, 2.05) is 13.8 Å². The van der Waals surface area contributed by atoms with E-state index in [-0.39, 0.29) is 18.3 Å². The molecule has 156 valence electrons. The van der Waals surface area contributed by atoms with E-state index in [1.165, 1.54) is 6.92 Å². The summed E-state index contributed by atoms with van der Waals surface area (Å²) in [6.07, 6.45) is -2.59. The van der Waals surface area contributed by atoms with Crippen LogP contribution in [-0.4, -0.2) is 63.0 Å². The highest BCUT2D eigenvalue weighted by molar-refractivity contribution is 5.86. The molecule has 10 atom stereocenters. The van der Waals surface area contributed by atoms with E-state index in [0.717, 1.165) is 6.42 Å². The first kappa shape index (κ1) is 19.0. The molecule has 7 heteroatoms. The molecule has 7 nitrogen and oxygen atoms in total. The first-order valence-corrected chi connectivity index (χ1v) is 10.2. The Bertz CT molecular complexity index is 764. The minimum atomic E-state index is -2.10. The fourth-order valence-electron chi connectivity index (χ4n) is 8.15. The molecule has 3 saturated heterocycles. The quantitative estimate of drug-likeness (QED) is 0.507. The molecule has 0 radical (unpaired) electrons. The number of carbonyl (C=O) groups excluding carboxylic acids is 1. The Morgan fingerprint density at radius 1 is 1.18 bits per heavy atom. The van der Waals surface area contributed by atoms with Crippen LogP contribution < -0.4 is 0 Å². The van der Waals surface area contributed by atoms with Gasteiger partial charge in [0.25, 0.3) is 0 Å². The summed E-state index contributed by atoms with van der Waals surface area (Å²) in [4.78, 5) is 13.2. The SMILES string of the molecule is C=C1O[C@@H]2[C@H]1CC[C@H]1[C@@]34CO[C@@](O)([C@@H](O)[C@@H]3C(C)(C)C[C@H](O)[C@H]4O)[C@@]21C(C)=O. The molecule has 3 saturated carbocycles. The summed E-state index contributed by atoms with van der Waals surface area (Å²) in [5, 5.41) is 45.2. The third-order valence-corrected chi connectivity index (χ3v) is 8.98. The first-order chi connectivity index (χ1) is 13.0. The molecule has 0 aromatic carbocycles. The second-order valence-corrected chi connectivity index (χ2v) is 10.4. The first-order valence-electron chi connectivity index (χ1n) is 10.2. The number of fused-ring (bicyclic) bond motifs is 2. The Hall–Kier alpha value is -0.990. The molecule has 6 fully saturated rings. The van der Waals surface area contributed by atoms with E-state index >= 15 is 0 Å². The molecule has 0 aromatic rings. The average Bonchev–Trinajstić information content (AvgIpc) is 2.59. The molecular weight excluding hydrogens is 364 g/mol. The largest absolute Gasteiger partial charge is 0.493 e. The summed E-state index contributed by atoms with van der Waals surface area (Å²) in [5.74, 6) is -2.91. The van der Waals surface area contributed by atoms with Gasteiger partial charge < -0.3 is 29.9 Å². The summed E-state index contributed by atoms with van der Waals surface area (Å²) in [7, 11) is 0. The van der Waals surface area contributed by atoms with Gasteiger partial charge in [-0.15, -0.1) is 0 Å². The third kappa shape index (κ3) is 1.67. The lowest BCUT2D eigenvalue weighted by molar-refractivity contribution is -0.472. The minimum Gasteiger partial charge on any atom is -0.493 e. The van der Waals surface area contributed by atoms with Crippen molar-refractivity contribution in [3.05, 3.63) is 12.3 Å². The van der Waals surface area contributed by atoms with Crippen molar-refractivity contribution in [1.82, 2.24) is 0 Å². The fourth-order valence-corrected chi connectivity index (χ4v) is 8.15. The van der Waals surface area contributed by atoms with Crippen molar-refractivity contribution in [2.45, 2.75) is 70.2 Å². The smallest absolute Gasteiger partial charge is 0.209 e. The Balaban J connectivity index is 1.78. The number of hydrogen-bond acceptors (Lipinski definition) is 7. The summed E-state index contributed by atoms with van der Waals surface area (Å²) in [5.41, 5.74) is -3.10. The van der Waals surface area contributed by atoms with Crippen molar-refractivity contribution in [2.24, 2.45) is 34.0 Å². The van der Waals surface area contributed by atoms with Crippen LogP contribution in [0.3, 0.4) is 0 Å².